The molecule has 0 aliphatic heterocycles. The van der Waals surface area contributed by atoms with Crippen LogP contribution in [0.25, 0.3) is 10.9 Å². The summed E-state index contributed by atoms with van der Waals surface area (Å²) in [7, 11) is 0. The van der Waals surface area contributed by atoms with Crippen molar-refractivity contribution in [2.24, 2.45) is 0 Å². The lowest BCUT2D eigenvalue weighted by atomic mass is 10.1. The van der Waals surface area contributed by atoms with Crippen LogP contribution in [0, 0.1) is 0 Å². The van der Waals surface area contributed by atoms with Crippen molar-refractivity contribution in [3.8, 4) is 0 Å². The van der Waals surface area contributed by atoms with E-state index in [2.05, 4.69) is 10.3 Å². The topological polar surface area (TPSA) is 59.1 Å². The number of pyridine rings is 1. The Morgan fingerprint density at radius 3 is 2.50 bits per heavy atom. The van der Waals surface area contributed by atoms with Gasteiger partial charge in [-0.1, -0.05) is 48.5 Å². The van der Waals surface area contributed by atoms with Crippen LogP contribution in [0.2, 0.25) is 0 Å². The lowest BCUT2D eigenvalue weighted by Gasteiger charge is -2.06. The van der Waals surface area contributed by atoms with Gasteiger partial charge in [0.05, 0.1) is 23.8 Å². The van der Waals surface area contributed by atoms with E-state index >= 15 is 0 Å². The Hall–Kier alpha value is -3.01. The molecule has 1 amide bonds. The smallest absolute Gasteiger partial charge is 0.232 e. The van der Waals surface area contributed by atoms with Gasteiger partial charge in [0.1, 0.15) is 0 Å². The number of aromatic nitrogens is 1. The third-order valence-corrected chi connectivity index (χ3v) is 3.29. The fourth-order valence-electron chi connectivity index (χ4n) is 2.22. The summed E-state index contributed by atoms with van der Waals surface area (Å²) < 4.78 is 0. The third-order valence-electron chi connectivity index (χ3n) is 3.29. The van der Waals surface area contributed by atoms with Crippen LogP contribution in [0.5, 0.6) is 0 Å². The molecule has 4 heteroatoms. The van der Waals surface area contributed by atoms with Gasteiger partial charge in [-0.2, -0.15) is 0 Å². The first-order valence-electron chi connectivity index (χ1n) is 6.95. The molecular formula is C18H14N2O2. The summed E-state index contributed by atoms with van der Waals surface area (Å²) in [5, 5.41) is 3.65. The second-order valence-electron chi connectivity index (χ2n) is 4.93. The molecule has 0 saturated heterocycles. The van der Waals surface area contributed by atoms with Gasteiger partial charge in [0.2, 0.25) is 5.91 Å². The minimum absolute atomic E-state index is 0.184. The van der Waals surface area contributed by atoms with Crippen molar-refractivity contribution in [2.45, 2.75) is 6.42 Å². The zero-order valence-corrected chi connectivity index (χ0v) is 11.8. The van der Waals surface area contributed by atoms with E-state index in [9.17, 15) is 9.59 Å². The summed E-state index contributed by atoms with van der Waals surface area (Å²) in [6.45, 7) is 0. The highest BCUT2D eigenvalue weighted by atomic mass is 16.2. The average molecular weight is 290 g/mol. The number of Topliss-reactive ketones (excluding diaryl/α,β-unsaturated/α-hetero) is 1. The third kappa shape index (κ3) is 3.17. The summed E-state index contributed by atoms with van der Waals surface area (Å²) >= 11 is 0. The van der Waals surface area contributed by atoms with E-state index in [1.807, 2.05) is 36.4 Å². The molecule has 4 nitrogen and oxygen atoms in total. The van der Waals surface area contributed by atoms with Crippen molar-refractivity contribution in [1.29, 1.82) is 0 Å². The van der Waals surface area contributed by atoms with Gasteiger partial charge < -0.3 is 5.32 Å². The highest BCUT2D eigenvalue weighted by Crippen LogP contribution is 2.16. The molecule has 3 rings (SSSR count). The molecule has 0 unspecified atom stereocenters. The van der Waals surface area contributed by atoms with E-state index in [0.717, 1.165) is 10.9 Å². The Bertz CT molecular complexity index is 829. The summed E-state index contributed by atoms with van der Waals surface area (Å²) in [6, 6.07) is 18.3. The fraction of sp³-hybridized carbons (Fsp3) is 0.0556. The number of benzene rings is 2. The molecule has 2 aromatic carbocycles. The Kier molecular flexibility index (Phi) is 3.92. The first-order valence-corrected chi connectivity index (χ1v) is 6.95. The number of nitrogens with one attached hydrogen (secondary N) is 1. The molecule has 0 spiro atoms. The number of anilines is 1. The normalized spacial score (nSPS) is 10.4. The molecule has 0 bridgehead atoms. The minimum Gasteiger partial charge on any atom is -0.324 e. The number of carbonyl (C=O) groups is 2. The Labute approximate surface area is 127 Å². The van der Waals surface area contributed by atoms with Crippen LogP contribution < -0.4 is 5.32 Å². The number of amides is 1. The van der Waals surface area contributed by atoms with E-state index in [4.69, 9.17) is 0 Å². The largest absolute Gasteiger partial charge is 0.324 e. The average Bonchev–Trinajstić information content (AvgIpc) is 2.55. The lowest BCUT2D eigenvalue weighted by molar-refractivity contribution is -0.115. The number of nitrogens with zero attached hydrogens (tertiary/aromatic N) is 1. The van der Waals surface area contributed by atoms with Crippen LogP contribution in [-0.4, -0.2) is 16.7 Å². The van der Waals surface area contributed by atoms with Gasteiger partial charge in [-0.15, -0.1) is 0 Å². The van der Waals surface area contributed by atoms with Crippen LogP contribution in [0.3, 0.4) is 0 Å². The lowest BCUT2D eigenvalue weighted by Crippen LogP contribution is -2.16. The number of hydrogen-bond donors (Lipinski definition) is 1. The van der Waals surface area contributed by atoms with Gasteiger partial charge >= 0.3 is 0 Å². The van der Waals surface area contributed by atoms with E-state index in [-0.39, 0.29) is 18.1 Å². The van der Waals surface area contributed by atoms with Crippen LogP contribution in [0.1, 0.15) is 16.8 Å². The summed E-state index contributed by atoms with van der Waals surface area (Å²) in [5.74, 6) is -0.544. The number of fused-ring (bicyclic) bond motifs is 1. The second-order valence-corrected chi connectivity index (χ2v) is 4.93. The number of hydrogen-bond acceptors (Lipinski definition) is 3. The molecule has 0 radical (unpaired) electrons. The maximum atomic E-state index is 12.0. The van der Waals surface area contributed by atoms with Crippen LogP contribution in [-0.2, 0) is 4.79 Å². The maximum Gasteiger partial charge on any atom is 0.232 e. The Morgan fingerprint density at radius 1 is 0.955 bits per heavy atom. The Morgan fingerprint density at radius 2 is 1.68 bits per heavy atom. The molecule has 3 aromatic rings. The molecule has 0 aliphatic rings. The van der Waals surface area contributed by atoms with Gasteiger partial charge in [-0.25, -0.2) is 0 Å². The zero-order chi connectivity index (χ0) is 15.4. The molecule has 0 saturated carbocycles. The quantitative estimate of drug-likeness (QED) is 0.591. The van der Waals surface area contributed by atoms with E-state index < -0.39 is 0 Å². The molecule has 1 heterocycles. The number of para-hydroxylation sites is 1. The molecule has 0 aliphatic carbocycles. The predicted octanol–water partition coefficient (Wildman–Crippen LogP) is 3.45. The molecule has 108 valence electrons. The SMILES string of the molecule is O=C(CC(=O)c1ccccc1)Nc1cnc2ccccc2c1. The Balaban J connectivity index is 1.69. The van der Waals surface area contributed by atoms with Crippen LogP contribution in [0.4, 0.5) is 5.69 Å². The minimum atomic E-state index is -0.342. The predicted molar refractivity (Wildman–Crippen MR) is 85.8 cm³/mol. The van der Waals surface area contributed by atoms with E-state index in [1.165, 1.54) is 0 Å². The van der Waals surface area contributed by atoms with Crippen LogP contribution in [0.15, 0.2) is 66.9 Å². The van der Waals surface area contributed by atoms with Gasteiger partial charge in [-0.05, 0) is 12.1 Å². The van der Waals surface area contributed by atoms with Crippen molar-refractivity contribution >= 4 is 28.3 Å². The molecular weight excluding hydrogens is 276 g/mol. The maximum absolute atomic E-state index is 12.0. The van der Waals surface area contributed by atoms with Gasteiger partial charge in [0.15, 0.2) is 5.78 Å². The number of carbonyl (C=O) groups excluding carboxylic acids is 2. The highest BCUT2D eigenvalue weighted by molar-refractivity contribution is 6.11. The standard InChI is InChI=1S/C18H14N2O2/c21-17(13-6-2-1-3-7-13)11-18(22)20-15-10-14-8-4-5-9-16(14)19-12-15/h1-10,12H,11H2,(H,20,22). The molecule has 1 N–H and O–H groups in total. The number of rotatable bonds is 4. The zero-order valence-electron chi connectivity index (χ0n) is 11.8. The van der Waals surface area contributed by atoms with E-state index in [1.54, 1.807) is 30.5 Å². The summed E-state index contributed by atoms with van der Waals surface area (Å²) in [5.41, 5.74) is 1.99. The first-order chi connectivity index (χ1) is 10.7. The molecule has 0 fully saturated rings. The first kappa shape index (κ1) is 13.9. The van der Waals surface area contributed by atoms with Gasteiger partial charge in [0.25, 0.3) is 0 Å². The van der Waals surface area contributed by atoms with Gasteiger partial charge in [0, 0.05) is 10.9 Å². The molecule has 1 aromatic heterocycles. The fourth-order valence-corrected chi connectivity index (χ4v) is 2.22. The van der Waals surface area contributed by atoms with Crippen molar-refractivity contribution in [3.63, 3.8) is 0 Å². The van der Waals surface area contributed by atoms with Gasteiger partial charge in [-0.3, -0.25) is 14.6 Å². The molecule has 22 heavy (non-hydrogen) atoms. The van der Waals surface area contributed by atoms with Crippen molar-refractivity contribution in [3.05, 3.63) is 72.4 Å². The molecule has 0 atom stereocenters. The summed E-state index contributed by atoms with van der Waals surface area (Å²) in [4.78, 5) is 28.2. The monoisotopic (exact) mass is 290 g/mol. The van der Waals surface area contributed by atoms with Crippen molar-refractivity contribution in [2.75, 3.05) is 5.32 Å². The highest BCUT2D eigenvalue weighted by Gasteiger charge is 2.11. The van der Waals surface area contributed by atoms with E-state index in [0.29, 0.717) is 11.3 Å². The van der Waals surface area contributed by atoms with Crippen LogP contribution >= 0.6 is 0 Å². The van der Waals surface area contributed by atoms with Crippen molar-refractivity contribution < 1.29 is 9.59 Å². The second kappa shape index (κ2) is 6.18. The summed E-state index contributed by atoms with van der Waals surface area (Å²) in [6.07, 6.45) is 1.41. The van der Waals surface area contributed by atoms with Crippen molar-refractivity contribution in [1.82, 2.24) is 4.98 Å². The number of ketones is 1.